The Hall–Kier alpha value is -2.79. The quantitative estimate of drug-likeness (QED) is 0.370. The summed E-state index contributed by atoms with van der Waals surface area (Å²) in [6.45, 7) is 0.106. The second-order valence-corrected chi connectivity index (χ2v) is 7.37. The molecule has 0 aliphatic carbocycles. The van der Waals surface area contributed by atoms with E-state index in [4.69, 9.17) is 22.2 Å². The van der Waals surface area contributed by atoms with Crippen LogP contribution in [0.3, 0.4) is 0 Å². The second-order valence-electron chi connectivity index (χ2n) is 5.70. The zero-order valence-corrected chi connectivity index (χ0v) is 16.3. The van der Waals surface area contributed by atoms with E-state index in [1.807, 2.05) is 0 Å². The van der Waals surface area contributed by atoms with Crippen molar-refractivity contribution < 1.29 is 19.8 Å². The lowest BCUT2D eigenvalue weighted by Crippen LogP contribution is -2.33. The number of amides is 1. The number of phenolic OH excluding ortho intramolecular Hbond substituents is 1. The molecule has 3 N–H and O–H groups in total. The number of hydrogen-bond donors (Lipinski definition) is 3. The molecular formula is C18H16N3O5S2-. The number of hydrogen-bond acceptors (Lipinski definition) is 9. The van der Waals surface area contributed by atoms with Crippen molar-refractivity contribution in [3.8, 4) is 11.5 Å². The molecular weight excluding hydrogens is 402 g/mol. The first-order valence-electron chi connectivity index (χ1n) is 8.01. The number of ether oxygens (including phenoxy) is 1. The summed E-state index contributed by atoms with van der Waals surface area (Å²) in [5, 5.41) is 32.4. The molecule has 1 fully saturated rings. The van der Waals surface area contributed by atoms with Crippen LogP contribution in [-0.4, -0.2) is 39.2 Å². The van der Waals surface area contributed by atoms with Crippen LogP contribution in [0.25, 0.3) is 6.08 Å². The van der Waals surface area contributed by atoms with Crippen molar-refractivity contribution in [3.05, 3.63) is 58.1 Å². The van der Waals surface area contributed by atoms with Crippen LogP contribution in [0.4, 0.5) is 11.4 Å². The third-order valence-corrected chi connectivity index (χ3v) is 5.26. The van der Waals surface area contributed by atoms with E-state index >= 15 is 0 Å². The molecule has 8 nitrogen and oxygen atoms in total. The minimum Gasteiger partial charge on any atom is -0.733 e. The van der Waals surface area contributed by atoms with Gasteiger partial charge in [0.25, 0.3) is 5.91 Å². The highest BCUT2D eigenvalue weighted by Crippen LogP contribution is 2.34. The van der Waals surface area contributed by atoms with E-state index in [0.29, 0.717) is 26.2 Å². The third kappa shape index (κ3) is 4.37. The molecule has 146 valence electrons. The number of carbonyl (C=O) groups is 1. The van der Waals surface area contributed by atoms with E-state index in [2.05, 4.69) is 5.32 Å². The van der Waals surface area contributed by atoms with Crippen LogP contribution in [0.1, 0.15) is 5.56 Å². The number of methoxy groups -OCH3 is 1. The SMILES string of the molecule is COc1cc(C=C2SC(=S)N(CNc3cccc(N([O-])O)c3)C2=O)ccc1O. The van der Waals surface area contributed by atoms with Crippen LogP contribution < -0.4 is 15.3 Å². The van der Waals surface area contributed by atoms with Crippen LogP contribution in [-0.2, 0) is 4.79 Å². The van der Waals surface area contributed by atoms with Crippen molar-refractivity contribution in [2.45, 2.75) is 0 Å². The number of nitrogens with one attached hydrogen (secondary N) is 1. The summed E-state index contributed by atoms with van der Waals surface area (Å²) < 4.78 is 5.46. The Morgan fingerprint density at radius 1 is 1.36 bits per heavy atom. The maximum atomic E-state index is 12.7. The van der Waals surface area contributed by atoms with Crippen molar-refractivity contribution in [1.82, 2.24) is 4.90 Å². The number of thioether (sulfide) groups is 1. The van der Waals surface area contributed by atoms with Gasteiger partial charge in [-0.25, -0.2) is 0 Å². The molecule has 2 aromatic rings. The molecule has 1 aliphatic rings. The number of anilines is 2. The molecule has 1 saturated heterocycles. The molecule has 0 aromatic heterocycles. The molecule has 0 radical (unpaired) electrons. The third-order valence-electron chi connectivity index (χ3n) is 3.88. The highest BCUT2D eigenvalue weighted by molar-refractivity contribution is 8.26. The molecule has 2 aromatic carbocycles. The van der Waals surface area contributed by atoms with E-state index in [1.54, 1.807) is 30.3 Å². The van der Waals surface area contributed by atoms with Gasteiger partial charge in [-0.3, -0.25) is 14.9 Å². The standard InChI is InChI=1S/C18H16N3O5S2/c1-26-15-7-11(5-6-14(15)22)8-16-17(23)20(18(27)28-16)10-19-12-3-2-4-13(9-12)21(24)25/h2-9,19,22,24H,10H2,1H3/q-1. The number of benzene rings is 2. The molecule has 1 amide bonds. The maximum Gasteiger partial charge on any atom is 0.267 e. The van der Waals surface area contributed by atoms with Gasteiger partial charge in [0.2, 0.25) is 0 Å². The highest BCUT2D eigenvalue weighted by Gasteiger charge is 2.31. The molecule has 0 bridgehead atoms. The van der Waals surface area contributed by atoms with Gasteiger partial charge in [0.15, 0.2) is 11.5 Å². The molecule has 1 aliphatic heterocycles. The lowest BCUT2D eigenvalue weighted by Gasteiger charge is -2.22. The largest absolute Gasteiger partial charge is 0.733 e. The fourth-order valence-corrected chi connectivity index (χ4v) is 3.73. The van der Waals surface area contributed by atoms with Crippen LogP contribution >= 0.6 is 24.0 Å². The Morgan fingerprint density at radius 3 is 2.86 bits per heavy atom. The van der Waals surface area contributed by atoms with E-state index in [1.165, 1.54) is 30.2 Å². The first kappa shape index (κ1) is 20.0. The summed E-state index contributed by atoms with van der Waals surface area (Å²) in [4.78, 5) is 14.5. The highest BCUT2D eigenvalue weighted by atomic mass is 32.2. The van der Waals surface area contributed by atoms with Gasteiger partial charge >= 0.3 is 0 Å². The van der Waals surface area contributed by atoms with Crippen molar-refractivity contribution in [3.63, 3.8) is 0 Å². The van der Waals surface area contributed by atoms with Crippen LogP contribution in [0.5, 0.6) is 11.5 Å². The fraction of sp³-hybridized carbons (Fsp3) is 0.111. The summed E-state index contributed by atoms with van der Waals surface area (Å²) >= 11 is 6.45. The van der Waals surface area contributed by atoms with Gasteiger partial charge in [0.05, 0.1) is 24.4 Å². The van der Waals surface area contributed by atoms with E-state index in [9.17, 15) is 15.1 Å². The van der Waals surface area contributed by atoms with Gasteiger partial charge in [-0.05, 0) is 42.0 Å². The Labute approximate surface area is 170 Å². The summed E-state index contributed by atoms with van der Waals surface area (Å²) in [5.41, 5.74) is 1.31. The fourth-order valence-electron chi connectivity index (χ4n) is 2.48. The predicted octanol–water partition coefficient (Wildman–Crippen LogP) is 3.37. The Morgan fingerprint density at radius 2 is 2.14 bits per heavy atom. The van der Waals surface area contributed by atoms with E-state index in [0.717, 1.165) is 11.8 Å². The van der Waals surface area contributed by atoms with Crippen molar-refractivity contribution >= 4 is 51.7 Å². The zero-order valence-electron chi connectivity index (χ0n) is 14.7. The van der Waals surface area contributed by atoms with Crippen molar-refractivity contribution in [1.29, 1.82) is 0 Å². The smallest absolute Gasteiger partial charge is 0.267 e. The number of nitrogens with zero attached hydrogens (tertiary/aromatic N) is 2. The van der Waals surface area contributed by atoms with Gasteiger partial charge in [-0.2, -0.15) is 0 Å². The second kappa shape index (κ2) is 8.48. The monoisotopic (exact) mass is 418 g/mol. The lowest BCUT2D eigenvalue weighted by atomic mass is 10.2. The number of phenols is 1. The maximum absolute atomic E-state index is 12.7. The van der Waals surface area contributed by atoms with Crippen molar-refractivity contribution in [2.24, 2.45) is 0 Å². The summed E-state index contributed by atoms with van der Waals surface area (Å²) in [6, 6.07) is 11.0. The van der Waals surface area contributed by atoms with Crippen molar-refractivity contribution in [2.75, 3.05) is 24.3 Å². The van der Waals surface area contributed by atoms with Gasteiger partial charge in [-0.15, -0.1) is 0 Å². The molecule has 10 heteroatoms. The van der Waals surface area contributed by atoms with E-state index < -0.39 is 0 Å². The molecule has 0 spiro atoms. The average Bonchev–Trinajstić information content (AvgIpc) is 2.94. The molecule has 0 unspecified atom stereocenters. The summed E-state index contributed by atoms with van der Waals surface area (Å²) in [6.07, 6.45) is 1.67. The van der Waals surface area contributed by atoms with Gasteiger partial charge in [0.1, 0.15) is 4.32 Å². The first-order chi connectivity index (χ1) is 13.4. The summed E-state index contributed by atoms with van der Waals surface area (Å²) in [5.74, 6) is 0.0542. The van der Waals surface area contributed by atoms with Gasteiger partial charge in [0, 0.05) is 5.69 Å². The minimum absolute atomic E-state index is 0.0122. The van der Waals surface area contributed by atoms with Crippen LogP contribution in [0.15, 0.2) is 47.4 Å². The zero-order chi connectivity index (χ0) is 20.3. The summed E-state index contributed by atoms with van der Waals surface area (Å²) in [7, 11) is 1.45. The number of rotatable bonds is 6. The average molecular weight is 418 g/mol. The van der Waals surface area contributed by atoms with Gasteiger partial charge < -0.3 is 25.6 Å². The molecule has 28 heavy (non-hydrogen) atoms. The van der Waals surface area contributed by atoms with E-state index in [-0.39, 0.29) is 29.2 Å². The molecule has 0 atom stereocenters. The number of thiocarbonyl (C=S) groups is 1. The number of aromatic hydroxyl groups is 1. The van der Waals surface area contributed by atoms with Crippen LogP contribution in [0.2, 0.25) is 0 Å². The molecule has 3 rings (SSSR count). The lowest BCUT2D eigenvalue weighted by molar-refractivity contribution is -0.121. The Bertz CT molecular complexity index is 949. The first-order valence-corrected chi connectivity index (χ1v) is 9.24. The molecule has 0 saturated carbocycles. The topological polar surface area (TPSA) is 108 Å². The normalized spacial score (nSPS) is 15.2. The minimum atomic E-state index is -0.265. The van der Waals surface area contributed by atoms with Crippen LogP contribution in [0, 0.1) is 5.21 Å². The Kier molecular flexibility index (Phi) is 6.05. The Balaban J connectivity index is 1.72. The molecule has 1 heterocycles. The van der Waals surface area contributed by atoms with Gasteiger partial charge in [-0.1, -0.05) is 36.1 Å². The number of carbonyl (C=O) groups excluding carboxylic acids is 1. The predicted molar refractivity (Wildman–Crippen MR) is 112 cm³/mol.